The summed E-state index contributed by atoms with van der Waals surface area (Å²) < 4.78 is 6.75. The van der Waals surface area contributed by atoms with Crippen LogP contribution in [0.2, 0.25) is 0 Å². The van der Waals surface area contributed by atoms with Crippen molar-refractivity contribution in [3.8, 4) is 0 Å². The molecule has 0 fully saturated rings. The maximum absolute atomic E-state index is 11.9. The first-order valence-corrected chi connectivity index (χ1v) is 5.54. The lowest BCUT2D eigenvalue weighted by molar-refractivity contribution is 0.0543. The van der Waals surface area contributed by atoms with Crippen LogP contribution in [0, 0.1) is 6.92 Å². The Morgan fingerprint density at radius 2 is 2.06 bits per heavy atom. The third-order valence-corrected chi connectivity index (χ3v) is 2.40. The van der Waals surface area contributed by atoms with Crippen molar-refractivity contribution in [3.63, 3.8) is 0 Å². The molecule has 0 aliphatic carbocycles. The minimum absolute atomic E-state index is 0.398. The number of ether oxygens (including phenoxy) is 1. The summed E-state index contributed by atoms with van der Waals surface area (Å²) in [5.41, 5.74) is 1.23. The highest BCUT2D eigenvalue weighted by Crippen LogP contribution is 2.18. The van der Waals surface area contributed by atoms with Gasteiger partial charge in [-0.3, -0.25) is 0 Å². The molecule has 0 N–H and O–H groups in total. The summed E-state index contributed by atoms with van der Waals surface area (Å²) in [5.74, 6) is 0. The lowest BCUT2D eigenvalue weighted by atomic mass is 10.2. The molecule has 0 aliphatic rings. The average Bonchev–Trinajstić information content (AvgIpc) is 2.60. The molecule has 0 saturated heterocycles. The molecular weight excluding hydrogens is 216 g/mol. The van der Waals surface area contributed by atoms with Crippen molar-refractivity contribution in [3.05, 3.63) is 30.1 Å². The normalized spacial score (nSPS) is 11.8. The standard InChI is InChI=1S/C13H16N2O2/c1-9-5-7-14-11-10(9)6-8-15(11)12(16)17-13(2,3)4/h5-8H,1-4H3. The predicted octanol–water partition coefficient (Wildman–Crippen LogP) is 3.13. The number of aromatic nitrogens is 2. The van der Waals surface area contributed by atoms with Crippen molar-refractivity contribution in [2.24, 2.45) is 0 Å². The molecule has 90 valence electrons. The maximum Gasteiger partial charge on any atom is 0.420 e. The maximum atomic E-state index is 11.9. The number of carbonyl (C=O) groups is 1. The lowest BCUT2D eigenvalue weighted by Crippen LogP contribution is -2.26. The zero-order valence-corrected chi connectivity index (χ0v) is 10.5. The number of aryl methyl sites for hydroxylation is 1. The Morgan fingerprint density at radius 1 is 1.35 bits per heavy atom. The molecule has 0 saturated carbocycles. The minimum Gasteiger partial charge on any atom is -0.443 e. The first kappa shape index (κ1) is 11.6. The molecule has 2 aromatic heterocycles. The van der Waals surface area contributed by atoms with E-state index in [1.807, 2.05) is 39.8 Å². The van der Waals surface area contributed by atoms with Crippen molar-refractivity contribution in [2.45, 2.75) is 33.3 Å². The van der Waals surface area contributed by atoms with E-state index in [4.69, 9.17) is 4.74 Å². The predicted molar refractivity (Wildman–Crippen MR) is 66.1 cm³/mol. The molecule has 0 spiro atoms. The smallest absolute Gasteiger partial charge is 0.420 e. The number of pyridine rings is 1. The Bertz CT molecular complexity index is 564. The highest BCUT2D eigenvalue weighted by molar-refractivity contribution is 5.88. The van der Waals surface area contributed by atoms with E-state index in [0.717, 1.165) is 10.9 Å². The molecular formula is C13H16N2O2. The number of nitrogens with zero attached hydrogens (tertiary/aromatic N) is 2. The van der Waals surface area contributed by atoms with Crippen molar-refractivity contribution in [1.29, 1.82) is 0 Å². The Balaban J connectivity index is 2.43. The van der Waals surface area contributed by atoms with E-state index in [-0.39, 0.29) is 0 Å². The van der Waals surface area contributed by atoms with Gasteiger partial charge in [-0.15, -0.1) is 0 Å². The molecule has 2 aromatic rings. The van der Waals surface area contributed by atoms with Crippen LogP contribution >= 0.6 is 0 Å². The molecule has 0 unspecified atom stereocenters. The number of fused-ring (bicyclic) bond motifs is 1. The summed E-state index contributed by atoms with van der Waals surface area (Å²) in [5, 5.41) is 0.971. The second kappa shape index (κ2) is 3.87. The van der Waals surface area contributed by atoms with E-state index in [0.29, 0.717) is 5.65 Å². The first-order chi connectivity index (χ1) is 7.88. The first-order valence-electron chi connectivity index (χ1n) is 5.54. The van der Waals surface area contributed by atoms with E-state index in [9.17, 15) is 4.79 Å². The van der Waals surface area contributed by atoms with Gasteiger partial charge in [-0.2, -0.15) is 0 Å². The van der Waals surface area contributed by atoms with E-state index < -0.39 is 11.7 Å². The summed E-state index contributed by atoms with van der Waals surface area (Å²) in [6.07, 6.45) is 2.99. The fourth-order valence-electron chi connectivity index (χ4n) is 1.63. The van der Waals surface area contributed by atoms with E-state index in [1.54, 1.807) is 12.4 Å². The number of carbonyl (C=O) groups excluding carboxylic acids is 1. The second-order valence-corrected chi connectivity index (χ2v) is 5.03. The molecule has 17 heavy (non-hydrogen) atoms. The van der Waals surface area contributed by atoms with Crippen molar-refractivity contribution < 1.29 is 9.53 Å². The molecule has 0 atom stereocenters. The summed E-state index contributed by atoms with van der Waals surface area (Å²) in [7, 11) is 0. The van der Waals surface area contributed by atoms with Gasteiger partial charge in [-0.1, -0.05) is 0 Å². The zero-order valence-electron chi connectivity index (χ0n) is 10.5. The van der Waals surface area contributed by atoms with Crippen LogP contribution in [0.5, 0.6) is 0 Å². The van der Waals surface area contributed by atoms with Gasteiger partial charge in [0.1, 0.15) is 11.2 Å². The van der Waals surface area contributed by atoms with Crippen molar-refractivity contribution in [1.82, 2.24) is 9.55 Å². The Kier molecular flexibility index (Phi) is 2.65. The lowest BCUT2D eigenvalue weighted by Gasteiger charge is -2.19. The summed E-state index contributed by atoms with van der Waals surface area (Å²) in [4.78, 5) is 16.2. The molecule has 4 heteroatoms. The monoisotopic (exact) mass is 232 g/mol. The SMILES string of the molecule is Cc1ccnc2c1ccn2C(=O)OC(C)(C)C. The molecule has 2 heterocycles. The zero-order chi connectivity index (χ0) is 12.6. The molecule has 0 aromatic carbocycles. The summed E-state index contributed by atoms with van der Waals surface area (Å²) in [6, 6.07) is 3.79. The van der Waals surface area contributed by atoms with Crippen LogP contribution in [-0.4, -0.2) is 21.2 Å². The van der Waals surface area contributed by atoms with Gasteiger partial charge >= 0.3 is 6.09 Å². The van der Waals surface area contributed by atoms with Gasteiger partial charge in [-0.05, 0) is 45.4 Å². The number of hydrogen-bond donors (Lipinski definition) is 0. The Labute approximate surface area is 100 Å². The van der Waals surface area contributed by atoms with Crippen LogP contribution < -0.4 is 0 Å². The van der Waals surface area contributed by atoms with Gasteiger partial charge in [0, 0.05) is 17.8 Å². The van der Waals surface area contributed by atoms with Gasteiger partial charge in [0.15, 0.2) is 0 Å². The Hall–Kier alpha value is -1.84. The number of hydrogen-bond acceptors (Lipinski definition) is 3. The molecule has 0 aliphatic heterocycles. The topological polar surface area (TPSA) is 44.1 Å². The third kappa shape index (κ3) is 2.30. The van der Waals surface area contributed by atoms with E-state index in [1.165, 1.54) is 4.57 Å². The Morgan fingerprint density at radius 3 is 2.71 bits per heavy atom. The average molecular weight is 232 g/mol. The third-order valence-electron chi connectivity index (χ3n) is 2.40. The molecule has 0 radical (unpaired) electrons. The van der Waals surface area contributed by atoms with Gasteiger partial charge in [0.05, 0.1) is 0 Å². The van der Waals surface area contributed by atoms with Gasteiger partial charge in [0.25, 0.3) is 0 Å². The second-order valence-electron chi connectivity index (χ2n) is 5.03. The summed E-state index contributed by atoms with van der Waals surface area (Å²) in [6.45, 7) is 7.52. The van der Waals surface area contributed by atoms with Crippen LogP contribution in [0.3, 0.4) is 0 Å². The van der Waals surface area contributed by atoms with Crippen LogP contribution in [0.4, 0.5) is 4.79 Å². The highest BCUT2D eigenvalue weighted by Gasteiger charge is 2.19. The summed E-state index contributed by atoms with van der Waals surface area (Å²) >= 11 is 0. The van der Waals surface area contributed by atoms with Crippen molar-refractivity contribution in [2.75, 3.05) is 0 Å². The van der Waals surface area contributed by atoms with Crippen LogP contribution in [0.15, 0.2) is 24.5 Å². The molecule has 4 nitrogen and oxygen atoms in total. The van der Waals surface area contributed by atoms with Gasteiger partial charge in [-0.25, -0.2) is 14.3 Å². The van der Waals surface area contributed by atoms with Crippen LogP contribution in [0.1, 0.15) is 26.3 Å². The van der Waals surface area contributed by atoms with Gasteiger partial charge in [0.2, 0.25) is 0 Å². The van der Waals surface area contributed by atoms with Crippen molar-refractivity contribution >= 4 is 17.1 Å². The molecule has 2 rings (SSSR count). The minimum atomic E-state index is -0.502. The highest BCUT2D eigenvalue weighted by atomic mass is 16.6. The fraction of sp³-hybridized carbons (Fsp3) is 0.385. The van der Waals surface area contributed by atoms with Gasteiger partial charge < -0.3 is 4.74 Å². The van der Waals surface area contributed by atoms with Crippen LogP contribution in [-0.2, 0) is 4.74 Å². The molecule has 0 amide bonds. The van der Waals surface area contributed by atoms with E-state index >= 15 is 0 Å². The quantitative estimate of drug-likeness (QED) is 0.701. The largest absolute Gasteiger partial charge is 0.443 e. The number of rotatable bonds is 0. The fourth-order valence-corrected chi connectivity index (χ4v) is 1.63. The van der Waals surface area contributed by atoms with Crippen LogP contribution in [0.25, 0.3) is 11.0 Å². The van der Waals surface area contributed by atoms with E-state index in [2.05, 4.69) is 4.98 Å². The molecule has 0 bridgehead atoms.